The van der Waals surface area contributed by atoms with Crippen molar-refractivity contribution in [1.82, 2.24) is 0 Å². The normalized spacial score (nSPS) is 10.3. The summed E-state index contributed by atoms with van der Waals surface area (Å²) in [4.78, 5) is 23.2. The minimum Gasteiger partial charge on any atom is -0.380 e. The van der Waals surface area contributed by atoms with E-state index in [9.17, 15) is 14.0 Å². The number of benzene rings is 2. The molecule has 0 atom stereocenters. The highest BCUT2D eigenvalue weighted by Gasteiger charge is 2.11. The lowest BCUT2D eigenvalue weighted by atomic mass is 10.1. The minimum absolute atomic E-state index is 0.270. The molecule has 0 unspecified atom stereocenters. The Morgan fingerprint density at radius 2 is 1.86 bits per heavy atom. The Hall–Kier alpha value is -2.73. The lowest BCUT2D eigenvalue weighted by molar-refractivity contribution is 0.0992. The Kier molecular flexibility index (Phi) is 4.85. The molecule has 2 amide bonds. The van der Waals surface area contributed by atoms with Gasteiger partial charge in [0.1, 0.15) is 5.82 Å². The van der Waals surface area contributed by atoms with Crippen LogP contribution in [-0.2, 0) is 11.3 Å². The van der Waals surface area contributed by atoms with Crippen LogP contribution in [0.15, 0.2) is 42.5 Å². The average molecular weight is 302 g/mol. The first kappa shape index (κ1) is 15.7. The van der Waals surface area contributed by atoms with Gasteiger partial charge < -0.3 is 15.8 Å². The molecule has 2 aromatic carbocycles. The Balaban J connectivity index is 2.14. The predicted molar refractivity (Wildman–Crippen MR) is 80.0 cm³/mol. The number of hydrogen-bond acceptors (Lipinski definition) is 3. The lowest BCUT2D eigenvalue weighted by Gasteiger charge is -2.08. The van der Waals surface area contributed by atoms with Crippen molar-refractivity contribution in [3.63, 3.8) is 0 Å². The standard InChI is InChI=1S/C16H15FN2O3/c1-22-9-10-2-4-11(5-3-10)16(21)19-12-6-7-14(17)13(8-12)15(18)20/h2-8H,9H2,1H3,(H2,18,20)(H,19,21). The van der Waals surface area contributed by atoms with Crippen LogP contribution in [0.4, 0.5) is 10.1 Å². The second-order valence-corrected chi connectivity index (χ2v) is 4.64. The summed E-state index contributed by atoms with van der Waals surface area (Å²) in [6, 6.07) is 10.5. The van der Waals surface area contributed by atoms with E-state index in [0.717, 1.165) is 11.6 Å². The summed E-state index contributed by atoms with van der Waals surface area (Å²) in [5.41, 5.74) is 6.47. The largest absolute Gasteiger partial charge is 0.380 e. The fraction of sp³-hybridized carbons (Fsp3) is 0.125. The van der Waals surface area contributed by atoms with Gasteiger partial charge in [-0.15, -0.1) is 0 Å². The summed E-state index contributed by atoms with van der Waals surface area (Å²) < 4.78 is 18.4. The molecule has 0 aliphatic heterocycles. The van der Waals surface area contributed by atoms with Crippen LogP contribution in [0.2, 0.25) is 0 Å². The number of carbonyl (C=O) groups excluding carboxylic acids is 2. The van der Waals surface area contributed by atoms with Crippen LogP contribution in [0, 0.1) is 5.82 Å². The minimum atomic E-state index is -0.891. The van der Waals surface area contributed by atoms with E-state index in [-0.39, 0.29) is 11.5 Å². The number of nitrogens with two attached hydrogens (primary N) is 1. The summed E-state index contributed by atoms with van der Waals surface area (Å²) in [6.45, 7) is 0.460. The zero-order chi connectivity index (χ0) is 16.1. The van der Waals surface area contributed by atoms with Gasteiger partial charge in [0, 0.05) is 18.4 Å². The molecule has 6 heteroatoms. The van der Waals surface area contributed by atoms with E-state index in [4.69, 9.17) is 10.5 Å². The van der Waals surface area contributed by atoms with E-state index < -0.39 is 11.7 Å². The molecule has 22 heavy (non-hydrogen) atoms. The third kappa shape index (κ3) is 3.67. The topological polar surface area (TPSA) is 81.4 Å². The van der Waals surface area contributed by atoms with Crippen molar-refractivity contribution in [2.45, 2.75) is 6.61 Å². The Morgan fingerprint density at radius 1 is 1.18 bits per heavy atom. The van der Waals surface area contributed by atoms with Gasteiger partial charge in [0.2, 0.25) is 0 Å². The maximum absolute atomic E-state index is 13.4. The van der Waals surface area contributed by atoms with E-state index >= 15 is 0 Å². The van der Waals surface area contributed by atoms with Crippen molar-refractivity contribution < 1.29 is 18.7 Å². The second kappa shape index (κ2) is 6.82. The monoisotopic (exact) mass is 302 g/mol. The van der Waals surface area contributed by atoms with E-state index in [2.05, 4.69) is 5.32 Å². The number of halogens is 1. The summed E-state index contributed by atoms with van der Waals surface area (Å²) in [5, 5.41) is 2.59. The SMILES string of the molecule is COCc1ccc(C(=O)Nc2ccc(F)c(C(N)=O)c2)cc1. The highest BCUT2D eigenvalue weighted by atomic mass is 19.1. The van der Waals surface area contributed by atoms with Crippen molar-refractivity contribution in [1.29, 1.82) is 0 Å². The van der Waals surface area contributed by atoms with Crippen molar-refractivity contribution in [3.05, 3.63) is 65.0 Å². The number of methoxy groups -OCH3 is 1. The molecular formula is C16H15FN2O3. The van der Waals surface area contributed by atoms with Gasteiger partial charge in [-0.3, -0.25) is 9.59 Å². The van der Waals surface area contributed by atoms with Gasteiger partial charge in [-0.1, -0.05) is 12.1 Å². The first-order chi connectivity index (χ1) is 10.5. The number of ether oxygens (including phenoxy) is 1. The molecule has 0 aliphatic rings. The molecule has 2 aromatic rings. The van der Waals surface area contributed by atoms with Crippen LogP contribution < -0.4 is 11.1 Å². The van der Waals surface area contributed by atoms with E-state index in [1.165, 1.54) is 12.1 Å². The maximum atomic E-state index is 13.4. The number of primary amides is 1. The molecule has 0 fully saturated rings. The number of rotatable bonds is 5. The first-order valence-corrected chi connectivity index (χ1v) is 6.50. The first-order valence-electron chi connectivity index (χ1n) is 6.50. The van der Waals surface area contributed by atoms with Gasteiger partial charge in [0.25, 0.3) is 11.8 Å². The summed E-state index contributed by atoms with van der Waals surface area (Å²) >= 11 is 0. The van der Waals surface area contributed by atoms with Crippen molar-refractivity contribution >= 4 is 17.5 Å². The summed E-state index contributed by atoms with van der Waals surface area (Å²) in [6.07, 6.45) is 0. The highest BCUT2D eigenvalue weighted by molar-refractivity contribution is 6.05. The van der Waals surface area contributed by atoms with Crippen LogP contribution in [0.25, 0.3) is 0 Å². The van der Waals surface area contributed by atoms with Gasteiger partial charge in [0.05, 0.1) is 12.2 Å². The summed E-state index contributed by atoms with van der Waals surface area (Å²) in [5.74, 6) is -1.99. The third-order valence-corrected chi connectivity index (χ3v) is 3.02. The third-order valence-electron chi connectivity index (χ3n) is 3.02. The zero-order valence-corrected chi connectivity index (χ0v) is 11.9. The zero-order valence-electron chi connectivity index (χ0n) is 11.9. The van der Waals surface area contributed by atoms with Crippen LogP contribution in [0.5, 0.6) is 0 Å². The van der Waals surface area contributed by atoms with Gasteiger partial charge in [-0.25, -0.2) is 4.39 Å². The van der Waals surface area contributed by atoms with Gasteiger partial charge in [-0.05, 0) is 35.9 Å². The fourth-order valence-electron chi connectivity index (χ4n) is 1.91. The molecule has 0 saturated carbocycles. The predicted octanol–water partition coefficient (Wildman–Crippen LogP) is 2.32. The van der Waals surface area contributed by atoms with Gasteiger partial charge in [-0.2, -0.15) is 0 Å². The second-order valence-electron chi connectivity index (χ2n) is 4.64. The van der Waals surface area contributed by atoms with Crippen molar-refractivity contribution in [2.24, 2.45) is 5.73 Å². The number of amides is 2. The molecule has 2 rings (SSSR count). The fourth-order valence-corrected chi connectivity index (χ4v) is 1.91. The molecule has 5 nitrogen and oxygen atoms in total. The number of hydrogen-bond donors (Lipinski definition) is 2. The number of nitrogens with one attached hydrogen (secondary N) is 1. The summed E-state index contributed by atoms with van der Waals surface area (Å²) in [7, 11) is 1.59. The molecule has 3 N–H and O–H groups in total. The van der Waals surface area contributed by atoms with Crippen LogP contribution in [-0.4, -0.2) is 18.9 Å². The van der Waals surface area contributed by atoms with Crippen molar-refractivity contribution in [3.8, 4) is 0 Å². The quantitative estimate of drug-likeness (QED) is 0.889. The Labute approximate surface area is 126 Å². The molecule has 0 radical (unpaired) electrons. The van der Waals surface area contributed by atoms with E-state index in [1.54, 1.807) is 31.4 Å². The molecular weight excluding hydrogens is 287 g/mol. The average Bonchev–Trinajstić information content (AvgIpc) is 2.50. The smallest absolute Gasteiger partial charge is 0.255 e. The van der Waals surface area contributed by atoms with Gasteiger partial charge >= 0.3 is 0 Å². The van der Waals surface area contributed by atoms with Crippen LogP contribution in [0.1, 0.15) is 26.3 Å². The Morgan fingerprint density at radius 3 is 2.45 bits per heavy atom. The molecule has 0 heterocycles. The molecule has 0 bridgehead atoms. The molecule has 114 valence electrons. The van der Waals surface area contributed by atoms with Crippen LogP contribution in [0.3, 0.4) is 0 Å². The van der Waals surface area contributed by atoms with Crippen molar-refractivity contribution in [2.75, 3.05) is 12.4 Å². The molecule has 0 saturated heterocycles. The van der Waals surface area contributed by atoms with E-state index in [0.29, 0.717) is 17.9 Å². The van der Waals surface area contributed by atoms with E-state index in [1.807, 2.05) is 0 Å². The van der Waals surface area contributed by atoms with Crippen LogP contribution >= 0.6 is 0 Å². The highest BCUT2D eigenvalue weighted by Crippen LogP contribution is 2.16. The molecule has 0 aromatic heterocycles. The number of anilines is 1. The molecule has 0 spiro atoms. The van der Waals surface area contributed by atoms with Gasteiger partial charge in [0.15, 0.2) is 0 Å². The maximum Gasteiger partial charge on any atom is 0.255 e. The lowest BCUT2D eigenvalue weighted by Crippen LogP contribution is -2.16. The Bertz CT molecular complexity index is 699. The number of carbonyl (C=O) groups is 2. The molecule has 0 aliphatic carbocycles.